The average Bonchev–Trinajstić information content (AvgIpc) is 2.80. The lowest BCUT2D eigenvalue weighted by Gasteiger charge is -2.27. The molecule has 0 aromatic rings. The number of aliphatic carboxylic acids is 3. The maximum absolute atomic E-state index is 12.2. The van der Waals surface area contributed by atoms with Gasteiger partial charge in [-0.3, -0.25) is 14.4 Å². The third-order valence-electron chi connectivity index (χ3n) is 5.53. The Morgan fingerprint density at radius 2 is 1.27 bits per heavy atom. The quantitative estimate of drug-likeness (QED) is 0.0987. The van der Waals surface area contributed by atoms with Crippen molar-refractivity contribution in [1.29, 1.82) is 0 Å². The molecule has 3 N–H and O–H groups in total. The molecule has 0 saturated carbocycles. The summed E-state index contributed by atoms with van der Waals surface area (Å²) in [6, 6.07) is 0. The number of allylic oxidation sites excluding steroid dienone is 4. The Morgan fingerprint density at radius 3 is 1.78 bits per heavy atom. The molecule has 0 fully saturated rings. The topological polar surface area (TPSA) is 165 Å². The lowest BCUT2D eigenvalue weighted by Crippen LogP contribution is -2.48. The van der Waals surface area contributed by atoms with Gasteiger partial charge in [0.1, 0.15) is 0 Å². The van der Waals surface area contributed by atoms with Crippen LogP contribution in [0.25, 0.3) is 0 Å². The number of carboxylic acids is 3. The fourth-order valence-corrected chi connectivity index (χ4v) is 3.48. The van der Waals surface area contributed by atoms with E-state index in [0.717, 1.165) is 51.9 Å². The average molecular weight is 527 g/mol. The van der Waals surface area contributed by atoms with Crippen LogP contribution >= 0.6 is 0 Å². The van der Waals surface area contributed by atoms with Crippen molar-refractivity contribution in [2.24, 2.45) is 0 Å². The zero-order valence-corrected chi connectivity index (χ0v) is 22.0. The lowest BCUT2D eigenvalue weighted by atomic mass is 9.95. The molecule has 0 bridgehead atoms. The Labute approximate surface area is 218 Å². The molecule has 210 valence electrons. The van der Waals surface area contributed by atoms with Gasteiger partial charge in [-0.15, -0.1) is 0 Å². The van der Waals surface area contributed by atoms with E-state index in [0.29, 0.717) is 6.42 Å². The molecule has 0 heterocycles. The molecule has 0 aliphatic carbocycles. The van der Waals surface area contributed by atoms with Crippen LogP contribution in [0.2, 0.25) is 0 Å². The van der Waals surface area contributed by atoms with Gasteiger partial charge in [0.25, 0.3) is 0 Å². The van der Waals surface area contributed by atoms with E-state index in [1.54, 1.807) is 0 Å². The summed E-state index contributed by atoms with van der Waals surface area (Å²) in [5.74, 6) is -7.27. The molecule has 0 radical (unpaired) electrons. The molecule has 0 rings (SSSR count). The first-order valence-corrected chi connectivity index (χ1v) is 12.9. The molecule has 10 heteroatoms. The van der Waals surface area contributed by atoms with Gasteiger partial charge >= 0.3 is 29.8 Å². The van der Waals surface area contributed by atoms with E-state index in [1.807, 2.05) is 0 Å². The molecule has 10 nitrogen and oxygen atoms in total. The number of hydrogen-bond acceptors (Lipinski definition) is 7. The Kier molecular flexibility index (Phi) is 18.2. The van der Waals surface area contributed by atoms with E-state index < -0.39 is 54.4 Å². The normalized spacial score (nSPS) is 12.5. The van der Waals surface area contributed by atoms with Gasteiger partial charge in [0.15, 0.2) is 6.10 Å². The molecule has 1 atom stereocenters. The lowest BCUT2D eigenvalue weighted by molar-refractivity contribution is -0.193. The highest BCUT2D eigenvalue weighted by Gasteiger charge is 2.48. The third-order valence-corrected chi connectivity index (χ3v) is 5.53. The van der Waals surface area contributed by atoms with Crippen molar-refractivity contribution in [3.63, 3.8) is 0 Å². The number of carboxylic acid groups (broad SMARTS) is 3. The molecule has 0 aromatic heterocycles. The maximum Gasteiger partial charge on any atom is 0.349 e. The van der Waals surface area contributed by atoms with Crippen LogP contribution in [-0.4, -0.2) is 56.9 Å². The summed E-state index contributed by atoms with van der Waals surface area (Å²) < 4.78 is 9.68. The van der Waals surface area contributed by atoms with Gasteiger partial charge < -0.3 is 24.8 Å². The van der Waals surface area contributed by atoms with Crippen LogP contribution < -0.4 is 0 Å². The van der Waals surface area contributed by atoms with Crippen LogP contribution in [0, 0.1) is 0 Å². The smallest absolute Gasteiger partial charge is 0.349 e. The van der Waals surface area contributed by atoms with E-state index in [-0.39, 0.29) is 6.42 Å². The van der Waals surface area contributed by atoms with Crippen LogP contribution in [0.4, 0.5) is 0 Å². The summed E-state index contributed by atoms with van der Waals surface area (Å²) in [7, 11) is 0. The number of esters is 2. The van der Waals surface area contributed by atoms with Crippen molar-refractivity contribution in [2.75, 3.05) is 0 Å². The zero-order chi connectivity index (χ0) is 28.1. The molecule has 0 aliphatic rings. The maximum atomic E-state index is 12.2. The van der Waals surface area contributed by atoms with Crippen LogP contribution in [0.1, 0.15) is 104 Å². The molecule has 0 amide bonds. The highest BCUT2D eigenvalue weighted by Crippen LogP contribution is 2.23. The van der Waals surface area contributed by atoms with Crippen LogP contribution in [0.15, 0.2) is 24.3 Å². The summed E-state index contributed by atoms with van der Waals surface area (Å²) in [4.78, 5) is 57.8. The Hall–Kier alpha value is -3.17. The molecule has 37 heavy (non-hydrogen) atoms. The molecular formula is C27H42O10. The minimum Gasteiger partial charge on any atom is -0.481 e. The summed E-state index contributed by atoms with van der Waals surface area (Å²) >= 11 is 0. The van der Waals surface area contributed by atoms with Gasteiger partial charge in [0.05, 0.1) is 12.8 Å². The number of carbonyl (C=O) groups excluding carboxylic acids is 2. The van der Waals surface area contributed by atoms with E-state index >= 15 is 0 Å². The number of carbonyl (C=O) groups is 5. The molecule has 1 unspecified atom stereocenters. The second kappa shape index (κ2) is 20.0. The summed E-state index contributed by atoms with van der Waals surface area (Å²) in [6.45, 7) is 3.34. The minimum atomic E-state index is -2.81. The SMILES string of the molecule is CCCCCC=CCC=CCCCCCCCC(=O)OC(C)C(=O)OC(CC(=O)O)(CC(=O)O)C(=O)O. The second-order valence-electron chi connectivity index (χ2n) is 8.97. The molecule has 0 aliphatic heterocycles. The van der Waals surface area contributed by atoms with Gasteiger partial charge in [-0.05, 0) is 45.4 Å². The fraction of sp³-hybridized carbons (Fsp3) is 0.667. The number of ether oxygens (including phenoxy) is 2. The molecule has 0 spiro atoms. The highest BCUT2D eigenvalue weighted by atomic mass is 16.6. The van der Waals surface area contributed by atoms with E-state index in [4.69, 9.17) is 19.7 Å². The van der Waals surface area contributed by atoms with Crippen molar-refractivity contribution in [3.8, 4) is 0 Å². The Morgan fingerprint density at radius 1 is 0.757 bits per heavy atom. The largest absolute Gasteiger partial charge is 0.481 e. The predicted octanol–water partition coefficient (Wildman–Crippen LogP) is 5.05. The predicted molar refractivity (Wildman–Crippen MR) is 136 cm³/mol. The molecular weight excluding hydrogens is 484 g/mol. The summed E-state index contributed by atoms with van der Waals surface area (Å²) in [5.41, 5.74) is -2.81. The Balaban J connectivity index is 4.20. The van der Waals surface area contributed by atoms with Gasteiger partial charge in [-0.2, -0.15) is 0 Å². The summed E-state index contributed by atoms with van der Waals surface area (Å²) in [6.07, 6.45) is 16.0. The van der Waals surface area contributed by atoms with Gasteiger partial charge in [-0.1, -0.05) is 63.3 Å². The summed E-state index contributed by atoms with van der Waals surface area (Å²) in [5, 5.41) is 27.2. The first-order valence-electron chi connectivity index (χ1n) is 12.9. The van der Waals surface area contributed by atoms with Crippen molar-refractivity contribution < 1.29 is 48.8 Å². The van der Waals surface area contributed by atoms with Crippen LogP contribution in [-0.2, 0) is 33.4 Å². The zero-order valence-electron chi connectivity index (χ0n) is 22.0. The van der Waals surface area contributed by atoms with Crippen molar-refractivity contribution in [3.05, 3.63) is 24.3 Å². The van der Waals surface area contributed by atoms with E-state index in [1.165, 1.54) is 19.3 Å². The van der Waals surface area contributed by atoms with Crippen molar-refractivity contribution in [2.45, 2.75) is 115 Å². The van der Waals surface area contributed by atoms with Gasteiger partial charge in [0.2, 0.25) is 5.60 Å². The van der Waals surface area contributed by atoms with Crippen LogP contribution in [0.3, 0.4) is 0 Å². The number of hydrogen-bond donors (Lipinski definition) is 3. The second-order valence-corrected chi connectivity index (χ2v) is 8.97. The third kappa shape index (κ3) is 17.0. The standard InChI is InChI=1S/C27H42O10/c1-3-4-5-6-7-8-9-10-11-12-13-14-15-16-17-18-24(32)36-21(2)25(33)37-27(26(34)35,19-22(28)29)20-23(30)31/h7-8,10-11,21H,3-6,9,12-20H2,1-2H3,(H,28,29)(H,30,31)(H,34,35). The fourth-order valence-electron chi connectivity index (χ4n) is 3.48. The van der Waals surface area contributed by atoms with Gasteiger partial charge in [0, 0.05) is 6.42 Å². The number of rotatable bonds is 22. The highest BCUT2D eigenvalue weighted by molar-refractivity contribution is 5.91. The first kappa shape index (κ1) is 33.8. The number of unbranched alkanes of at least 4 members (excludes halogenated alkanes) is 8. The monoisotopic (exact) mass is 526 g/mol. The van der Waals surface area contributed by atoms with E-state index in [2.05, 4.69) is 31.2 Å². The van der Waals surface area contributed by atoms with Crippen molar-refractivity contribution in [1.82, 2.24) is 0 Å². The minimum absolute atomic E-state index is 0.0520. The Bertz CT molecular complexity index is 768. The van der Waals surface area contributed by atoms with Crippen LogP contribution in [0.5, 0.6) is 0 Å². The first-order chi connectivity index (χ1) is 17.5. The van der Waals surface area contributed by atoms with E-state index in [9.17, 15) is 29.1 Å². The molecule has 0 aromatic carbocycles. The molecule has 0 saturated heterocycles. The van der Waals surface area contributed by atoms with Gasteiger partial charge in [-0.25, -0.2) is 9.59 Å². The van der Waals surface area contributed by atoms with Crippen molar-refractivity contribution >= 4 is 29.8 Å².